The van der Waals surface area contributed by atoms with Crippen molar-refractivity contribution in [1.82, 2.24) is 15.0 Å². The average molecular weight is 325 g/mol. The molecule has 0 unspecified atom stereocenters. The van der Waals surface area contributed by atoms with Gasteiger partial charge in [-0.15, -0.1) is 11.3 Å². The third kappa shape index (κ3) is 4.89. The summed E-state index contributed by atoms with van der Waals surface area (Å²) in [6.07, 6.45) is 2.33. The first kappa shape index (κ1) is 16.1. The molecule has 0 amide bonds. The molecule has 1 aromatic heterocycles. The van der Waals surface area contributed by atoms with E-state index in [4.69, 9.17) is 0 Å². The van der Waals surface area contributed by atoms with Gasteiger partial charge in [0.15, 0.2) is 0 Å². The molecule has 0 bridgehead atoms. The maximum Gasteiger partial charge on any atom is 0.240 e. The van der Waals surface area contributed by atoms with Crippen LogP contribution < -0.4 is 10.0 Å². The first-order valence-electron chi connectivity index (χ1n) is 6.79. The van der Waals surface area contributed by atoms with Gasteiger partial charge >= 0.3 is 0 Å². The molecule has 0 fully saturated rings. The van der Waals surface area contributed by atoms with Crippen molar-refractivity contribution in [3.8, 4) is 0 Å². The van der Waals surface area contributed by atoms with E-state index in [-0.39, 0.29) is 0 Å². The summed E-state index contributed by atoms with van der Waals surface area (Å²) in [5.74, 6) is 0. The van der Waals surface area contributed by atoms with Gasteiger partial charge in [-0.2, -0.15) is 0 Å². The van der Waals surface area contributed by atoms with Gasteiger partial charge in [0.05, 0.1) is 9.90 Å². The molecule has 5 nitrogen and oxygen atoms in total. The van der Waals surface area contributed by atoms with E-state index in [1.165, 1.54) is 11.3 Å². The van der Waals surface area contributed by atoms with Crippen molar-refractivity contribution in [2.75, 3.05) is 13.1 Å². The van der Waals surface area contributed by atoms with Crippen molar-refractivity contribution >= 4 is 21.4 Å². The molecular weight excluding hydrogens is 306 g/mol. The third-order valence-corrected chi connectivity index (χ3v) is 5.20. The summed E-state index contributed by atoms with van der Waals surface area (Å²) in [6, 6.07) is 6.99. The van der Waals surface area contributed by atoms with Crippen LogP contribution in [0.4, 0.5) is 0 Å². The highest BCUT2D eigenvalue weighted by molar-refractivity contribution is 7.89. The van der Waals surface area contributed by atoms with Gasteiger partial charge in [0.2, 0.25) is 10.0 Å². The molecule has 1 heterocycles. The largest absolute Gasteiger partial charge is 0.313 e. The Morgan fingerprint density at radius 1 is 1.33 bits per heavy atom. The minimum absolute atomic E-state index is 0.303. The number of benzene rings is 1. The summed E-state index contributed by atoms with van der Waals surface area (Å²) in [4.78, 5) is 4.43. The second-order valence-corrected chi connectivity index (χ2v) is 7.25. The lowest BCUT2D eigenvalue weighted by Gasteiger charge is -2.08. The van der Waals surface area contributed by atoms with Crippen molar-refractivity contribution in [3.63, 3.8) is 0 Å². The molecule has 2 N–H and O–H groups in total. The summed E-state index contributed by atoms with van der Waals surface area (Å²) in [6.45, 7) is 3.88. The number of thiazole rings is 1. The number of aromatic nitrogens is 1. The molecule has 0 spiro atoms. The Balaban J connectivity index is 1.98. The predicted octanol–water partition coefficient (Wildman–Crippen LogP) is 1.77. The molecule has 0 radical (unpaired) electrons. The number of nitrogens with one attached hydrogen (secondary N) is 2. The average Bonchev–Trinajstić information content (AvgIpc) is 2.98. The van der Waals surface area contributed by atoms with Crippen LogP contribution in [0.1, 0.15) is 17.5 Å². The highest BCUT2D eigenvalue weighted by Crippen LogP contribution is 2.12. The Hall–Kier alpha value is -1.28. The van der Waals surface area contributed by atoms with Crippen molar-refractivity contribution in [2.45, 2.75) is 24.8 Å². The SMILES string of the molecule is CCNCc1cccc(S(=O)(=O)NCCc2nccs2)c1. The number of hydrogen-bond donors (Lipinski definition) is 2. The van der Waals surface area contributed by atoms with Crippen LogP contribution in [0.3, 0.4) is 0 Å². The summed E-state index contributed by atoms with van der Waals surface area (Å²) in [7, 11) is -3.46. The summed E-state index contributed by atoms with van der Waals surface area (Å²) >= 11 is 1.53. The first-order chi connectivity index (χ1) is 10.1. The van der Waals surface area contributed by atoms with E-state index < -0.39 is 10.0 Å². The quantitative estimate of drug-likeness (QED) is 0.776. The number of nitrogens with zero attached hydrogens (tertiary/aromatic N) is 1. The molecule has 114 valence electrons. The third-order valence-electron chi connectivity index (χ3n) is 2.90. The minimum Gasteiger partial charge on any atom is -0.313 e. The Morgan fingerprint density at radius 2 is 2.19 bits per heavy atom. The van der Waals surface area contributed by atoms with Gasteiger partial charge in [-0.05, 0) is 24.2 Å². The molecule has 1 aromatic carbocycles. The standard InChI is InChI=1S/C14H19N3O2S2/c1-2-15-11-12-4-3-5-13(10-12)21(18,19)17-7-6-14-16-8-9-20-14/h3-5,8-10,15,17H,2,6-7,11H2,1H3. The Labute approximate surface area is 129 Å². The molecule has 0 aliphatic heterocycles. The van der Waals surface area contributed by atoms with Crippen molar-refractivity contribution in [3.05, 3.63) is 46.4 Å². The lowest BCUT2D eigenvalue weighted by molar-refractivity contribution is 0.581. The van der Waals surface area contributed by atoms with Gasteiger partial charge < -0.3 is 5.32 Å². The fraction of sp³-hybridized carbons (Fsp3) is 0.357. The molecule has 0 saturated carbocycles. The zero-order valence-corrected chi connectivity index (χ0v) is 13.5. The highest BCUT2D eigenvalue weighted by Gasteiger charge is 2.13. The minimum atomic E-state index is -3.46. The second-order valence-electron chi connectivity index (χ2n) is 4.50. The maximum atomic E-state index is 12.2. The summed E-state index contributed by atoms with van der Waals surface area (Å²) in [5, 5.41) is 6.00. The van der Waals surface area contributed by atoms with E-state index in [0.717, 1.165) is 17.1 Å². The number of rotatable bonds is 8. The van der Waals surface area contributed by atoms with Crippen LogP contribution in [0, 0.1) is 0 Å². The van der Waals surface area contributed by atoms with Gasteiger partial charge in [0.1, 0.15) is 0 Å². The zero-order chi connectivity index (χ0) is 15.1. The highest BCUT2D eigenvalue weighted by atomic mass is 32.2. The van der Waals surface area contributed by atoms with Gasteiger partial charge in [-0.1, -0.05) is 19.1 Å². The van der Waals surface area contributed by atoms with Crippen molar-refractivity contribution in [1.29, 1.82) is 0 Å². The maximum absolute atomic E-state index is 12.2. The van der Waals surface area contributed by atoms with E-state index in [9.17, 15) is 8.42 Å². The van der Waals surface area contributed by atoms with E-state index in [1.54, 1.807) is 24.4 Å². The molecule has 7 heteroatoms. The van der Waals surface area contributed by atoms with Crippen molar-refractivity contribution < 1.29 is 8.42 Å². The van der Waals surface area contributed by atoms with Crippen LogP contribution in [0.5, 0.6) is 0 Å². The van der Waals surface area contributed by atoms with Gasteiger partial charge in [0.25, 0.3) is 0 Å². The normalized spacial score (nSPS) is 11.7. The van der Waals surface area contributed by atoms with Crippen LogP contribution in [0.2, 0.25) is 0 Å². The molecule has 0 saturated heterocycles. The molecule has 2 rings (SSSR count). The Morgan fingerprint density at radius 3 is 2.90 bits per heavy atom. The van der Waals surface area contributed by atoms with Gasteiger partial charge in [0, 0.05) is 31.1 Å². The van der Waals surface area contributed by atoms with Crippen LogP contribution in [-0.4, -0.2) is 26.5 Å². The van der Waals surface area contributed by atoms with Gasteiger partial charge in [-0.25, -0.2) is 18.1 Å². The molecule has 0 aliphatic rings. The Bertz CT molecular complexity index is 655. The fourth-order valence-electron chi connectivity index (χ4n) is 1.84. The lowest BCUT2D eigenvalue weighted by Crippen LogP contribution is -2.26. The van der Waals surface area contributed by atoms with Crippen LogP contribution in [-0.2, 0) is 23.0 Å². The van der Waals surface area contributed by atoms with Gasteiger partial charge in [-0.3, -0.25) is 0 Å². The van der Waals surface area contributed by atoms with E-state index in [0.29, 0.717) is 24.4 Å². The van der Waals surface area contributed by atoms with Crippen LogP contribution in [0.15, 0.2) is 40.7 Å². The van der Waals surface area contributed by atoms with E-state index >= 15 is 0 Å². The molecule has 2 aromatic rings. The van der Waals surface area contributed by atoms with Crippen LogP contribution >= 0.6 is 11.3 Å². The van der Waals surface area contributed by atoms with E-state index in [2.05, 4.69) is 15.0 Å². The predicted molar refractivity (Wildman–Crippen MR) is 84.8 cm³/mol. The molecule has 0 atom stereocenters. The molecule has 21 heavy (non-hydrogen) atoms. The number of sulfonamides is 1. The van der Waals surface area contributed by atoms with Crippen LogP contribution in [0.25, 0.3) is 0 Å². The molecule has 0 aliphatic carbocycles. The second kappa shape index (κ2) is 7.65. The topological polar surface area (TPSA) is 71.1 Å². The monoisotopic (exact) mass is 325 g/mol. The Kier molecular flexibility index (Phi) is 5.86. The fourth-order valence-corrected chi connectivity index (χ4v) is 3.57. The smallest absolute Gasteiger partial charge is 0.240 e. The van der Waals surface area contributed by atoms with E-state index in [1.807, 2.05) is 18.4 Å². The lowest BCUT2D eigenvalue weighted by atomic mass is 10.2. The number of hydrogen-bond acceptors (Lipinski definition) is 5. The first-order valence-corrected chi connectivity index (χ1v) is 9.16. The van der Waals surface area contributed by atoms with Crippen molar-refractivity contribution in [2.24, 2.45) is 0 Å². The summed E-state index contributed by atoms with van der Waals surface area (Å²) < 4.78 is 27.1. The zero-order valence-electron chi connectivity index (χ0n) is 11.9. The summed E-state index contributed by atoms with van der Waals surface area (Å²) in [5.41, 5.74) is 0.958. The molecular formula is C14H19N3O2S2.